The largest absolute Gasteiger partial charge is 0.497 e. The first-order valence-electron chi connectivity index (χ1n) is 10.7. The average molecular weight is 421 g/mol. The summed E-state index contributed by atoms with van der Waals surface area (Å²) in [7, 11) is 3.50. The summed E-state index contributed by atoms with van der Waals surface area (Å²) in [6.07, 6.45) is 2.65. The molecule has 4 rings (SSSR count). The summed E-state index contributed by atoms with van der Waals surface area (Å²) in [5.74, 6) is 1.32. The molecular formula is C24H28N4O3. The lowest BCUT2D eigenvalue weighted by Crippen LogP contribution is -2.44. The maximum absolute atomic E-state index is 13.3. The van der Waals surface area contributed by atoms with Crippen LogP contribution in [-0.2, 0) is 11.2 Å². The third kappa shape index (κ3) is 4.40. The Kier molecular flexibility index (Phi) is 6.21. The summed E-state index contributed by atoms with van der Waals surface area (Å²) < 4.78 is 10.7. The van der Waals surface area contributed by atoms with Crippen LogP contribution < -0.4 is 14.5 Å². The molecule has 1 amide bonds. The van der Waals surface area contributed by atoms with E-state index in [0.29, 0.717) is 18.4 Å². The van der Waals surface area contributed by atoms with E-state index in [2.05, 4.69) is 23.1 Å². The number of ether oxygens (including phenoxy) is 1. The van der Waals surface area contributed by atoms with E-state index in [1.54, 1.807) is 12.0 Å². The molecule has 31 heavy (non-hydrogen) atoms. The Morgan fingerprint density at radius 3 is 2.74 bits per heavy atom. The molecule has 7 nitrogen and oxygen atoms in total. The van der Waals surface area contributed by atoms with Gasteiger partial charge in [0.2, 0.25) is 11.7 Å². The summed E-state index contributed by atoms with van der Waals surface area (Å²) in [6.45, 7) is 3.47. The predicted molar refractivity (Wildman–Crippen MR) is 120 cm³/mol. The van der Waals surface area contributed by atoms with E-state index in [1.165, 1.54) is 5.56 Å². The third-order valence-corrected chi connectivity index (χ3v) is 5.87. The van der Waals surface area contributed by atoms with Crippen molar-refractivity contribution in [3.63, 3.8) is 0 Å². The number of anilines is 2. The highest BCUT2D eigenvalue weighted by molar-refractivity contribution is 5.95. The number of methoxy groups -OCH3 is 1. The maximum Gasteiger partial charge on any atom is 0.324 e. The topological polar surface area (TPSA) is 71.7 Å². The Balaban J connectivity index is 1.47. The van der Waals surface area contributed by atoms with Gasteiger partial charge in [-0.05, 0) is 55.2 Å². The van der Waals surface area contributed by atoms with Gasteiger partial charge in [0.1, 0.15) is 5.75 Å². The highest BCUT2D eigenvalue weighted by Gasteiger charge is 2.31. The van der Waals surface area contributed by atoms with Crippen molar-refractivity contribution in [3.8, 4) is 17.1 Å². The molecule has 1 saturated heterocycles. The van der Waals surface area contributed by atoms with Gasteiger partial charge in [-0.15, -0.1) is 0 Å². The number of nitrogens with zero attached hydrogens (tertiary/aromatic N) is 4. The number of hydrogen-bond acceptors (Lipinski definition) is 6. The number of aromatic nitrogens is 2. The fourth-order valence-electron chi connectivity index (χ4n) is 4.08. The molecule has 2 heterocycles. The van der Waals surface area contributed by atoms with Crippen LogP contribution in [0.25, 0.3) is 11.4 Å². The zero-order valence-electron chi connectivity index (χ0n) is 18.2. The van der Waals surface area contributed by atoms with Gasteiger partial charge in [-0.3, -0.25) is 4.79 Å². The molecule has 1 fully saturated rings. The summed E-state index contributed by atoms with van der Waals surface area (Å²) in [5, 5.41) is 4.13. The van der Waals surface area contributed by atoms with Crippen LogP contribution in [0.1, 0.15) is 25.3 Å². The van der Waals surface area contributed by atoms with Crippen LogP contribution in [0.4, 0.5) is 11.7 Å². The highest BCUT2D eigenvalue weighted by Crippen LogP contribution is 2.28. The number of benzene rings is 2. The van der Waals surface area contributed by atoms with Crippen molar-refractivity contribution >= 4 is 17.6 Å². The van der Waals surface area contributed by atoms with Crippen molar-refractivity contribution in [2.45, 2.75) is 26.2 Å². The van der Waals surface area contributed by atoms with Crippen LogP contribution in [0.15, 0.2) is 53.1 Å². The third-order valence-electron chi connectivity index (χ3n) is 5.87. The van der Waals surface area contributed by atoms with Crippen LogP contribution in [0.2, 0.25) is 0 Å². The molecule has 0 unspecified atom stereocenters. The molecule has 2 aromatic carbocycles. The van der Waals surface area contributed by atoms with Gasteiger partial charge < -0.3 is 19.1 Å². The van der Waals surface area contributed by atoms with Gasteiger partial charge in [-0.25, -0.2) is 0 Å². The molecule has 0 spiro atoms. The van der Waals surface area contributed by atoms with E-state index in [0.717, 1.165) is 42.8 Å². The van der Waals surface area contributed by atoms with Gasteiger partial charge in [0.05, 0.1) is 13.0 Å². The first kappa shape index (κ1) is 20.9. The van der Waals surface area contributed by atoms with Crippen molar-refractivity contribution in [1.29, 1.82) is 0 Å². The molecule has 0 saturated carbocycles. The lowest BCUT2D eigenvalue weighted by atomic mass is 9.96. The summed E-state index contributed by atoms with van der Waals surface area (Å²) in [4.78, 5) is 21.6. The Morgan fingerprint density at radius 1 is 1.23 bits per heavy atom. The second-order valence-electron chi connectivity index (χ2n) is 7.79. The van der Waals surface area contributed by atoms with Crippen LogP contribution in [0, 0.1) is 5.92 Å². The SMILES string of the molecule is CCc1ccccc1N(C)C(=O)[C@@H]1CCCN(c2nc(-c3ccc(OC)cc3)no2)C1. The summed E-state index contributed by atoms with van der Waals surface area (Å²) in [6, 6.07) is 16.1. The van der Waals surface area contributed by atoms with Crippen LogP contribution >= 0.6 is 0 Å². The minimum atomic E-state index is -0.111. The van der Waals surface area contributed by atoms with Crippen molar-refractivity contribution in [2.24, 2.45) is 5.92 Å². The van der Waals surface area contributed by atoms with E-state index in [1.807, 2.05) is 54.4 Å². The van der Waals surface area contributed by atoms with E-state index in [9.17, 15) is 4.79 Å². The number of para-hydroxylation sites is 1. The molecule has 1 atom stereocenters. The van der Waals surface area contributed by atoms with Gasteiger partial charge in [-0.2, -0.15) is 4.98 Å². The Labute approximate surface area is 182 Å². The number of piperidine rings is 1. The second-order valence-corrected chi connectivity index (χ2v) is 7.79. The zero-order chi connectivity index (χ0) is 21.8. The highest BCUT2D eigenvalue weighted by atomic mass is 16.5. The first-order valence-corrected chi connectivity index (χ1v) is 10.7. The fraction of sp³-hybridized carbons (Fsp3) is 0.375. The zero-order valence-corrected chi connectivity index (χ0v) is 18.2. The second kappa shape index (κ2) is 9.20. The van der Waals surface area contributed by atoms with Gasteiger partial charge in [0.15, 0.2) is 0 Å². The van der Waals surface area contributed by atoms with Crippen molar-refractivity contribution < 1.29 is 14.1 Å². The Hall–Kier alpha value is -3.35. The van der Waals surface area contributed by atoms with Gasteiger partial charge in [0.25, 0.3) is 0 Å². The number of rotatable bonds is 6. The number of hydrogen-bond donors (Lipinski definition) is 0. The average Bonchev–Trinajstić information content (AvgIpc) is 3.33. The number of carbonyl (C=O) groups excluding carboxylic acids is 1. The summed E-state index contributed by atoms with van der Waals surface area (Å²) in [5.41, 5.74) is 3.01. The molecule has 162 valence electrons. The number of carbonyl (C=O) groups is 1. The van der Waals surface area contributed by atoms with Crippen molar-refractivity contribution in [3.05, 3.63) is 54.1 Å². The molecule has 0 N–H and O–H groups in total. The van der Waals surface area contributed by atoms with Gasteiger partial charge in [0, 0.05) is 31.4 Å². The fourth-order valence-corrected chi connectivity index (χ4v) is 4.08. The van der Waals surface area contributed by atoms with E-state index in [4.69, 9.17) is 9.26 Å². The molecule has 0 bridgehead atoms. The van der Waals surface area contributed by atoms with Crippen molar-refractivity contribution in [1.82, 2.24) is 10.1 Å². The van der Waals surface area contributed by atoms with E-state index >= 15 is 0 Å². The first-order chi connectivity index (χ1) is 15.1. The van der Waals surface area contributed by atoms with Crippen molar-refractivity contribution in [2.75, 3.05) is 37.0 Å². The molecule has 1 aromatic heterocycles. The van der Waals surface area contributed by atoms with Gasteiger partial charge in [-0.1, -0.05) is 30.3 Å². The quantitative estimate of drug-likeness (QED) is 0.596. The van der Waals surface area contributed by atoms with E-state index < -0.39 is 0 Å². The molecule has 1 aliphatic heterocycles. The smallest absolute Gasteiger partial charge is 0.324 e. The van der Waals surface area contributed by atoms with Crippen LogP contribution in [0.5, 0.6) is 5.75 Å². The van der Waals surface area contributed by atoms with Crippen LogP contribution in [-0.4, -0.2) is 43.3 Å². The standard InChI is InChI=1S/C24H28N4O3/c1-4-17-8-5-6-10-21(17)27(2)23(29)19-9-7-15-28(16-19)24-25-22(26-31-24)18-11-13-20(30-3)14-12-18/h5-6,8,10-14,19H,4,7,9,15-16H2,1-3H3/t19-/m1/s1. The number of amides is 1. The molecular weight excluding hydrogens is 392 g/mol. The Bertz CT molecular complexity index is 1030. The monoisotopic (exact) mass is 420 g/mol. The normalized spacial score (nSPS) is 16.2. The van der Waals surface area contributed by atoms with E-state index in [-0.39, 0.29) is 11.8 Å². The minimum Gasteiger partial charge on any atom is -0.497 e. The summed E-state index contributed by atoms with van der Waals surface area (Å²) >= 11 is 0. The number of aryl methyl sites for hydroxylation is 1. The molecule has 0 aliphatic carbocycles. The van der Waals surface area contributed by atoms with Crippen LogP contribution in [0.3, 0.4) is 0 Å². The lowest BCUT2D eigenvalue weighted by molar-refractivity contribution is -0.122. The Morgan fingerprint density at radius 2 is 2.00 bits per heavy atom. The maximum atomic E-state index is 13.3. The lowest BCUT2D eigenvalue weighted by Gasteiger charge is -2.33. The molecule has 3 aromatic rings. The molecule has 1 aliphatic rings. The van der Waals surface area contributed by atoms with Gasteiger partial charge >= 0.3 is 6.01 Å². The predicted octanol–water partition coefficient (Wildman–Crippen LogP) is 4.19. The molecule has 7 heteroatoms. The molecule has 0 radical (unpaired) electrons. The minimum absolute atomic E-state index is 0.111.